The van der Waals surface area contributed by atoms with Gasteiger partial charge in [-0.2, -0.15) is 5.10 Å². The summed E-state index contributed by atoms with van der Waals surface area (Å²) in [6, 6.07) is 10.5. The van der Waals surface area contributed by atoms with E-state index in [0.717, 1.165) is 0 Å². The van der Waals surface area contributed by atoms with Gasteiger partial charge >= 0.3 is 0 Å². The van der Waals surface area contributed by atoms with E-state index in [2.05, 4.69) is 32.1 Å². The molecule has 3 rings (SSSR count). The Labute approximate surface area is 185 Å². The van der Waals surface area contributed by atoms with Crippen molar-refractivity contribution in [3.8, 4) is 0 Å². The molecule has 31 heavy (non-hydrogen) atoms. The standard InChI is InChI=1S/C22H23ClN6O2/c1-13(2)10-19(30)28-18-11-15(8-9-25-18)14(3)31-21(16-6-4-5-7-17(16)23)20(24)22-26-12-27-29-22/h4-9,11-13H,3,10,24H2,1-2H3,(H,25,28,30)(H,26,27,29)/b21-20-. The molecule has 0 aliphatic rings. The first-order valence-electron chi connectivity index (χ1n) is 9.58. The third kappa shape index (κ3) is 5.70. The Bertz CT molecular complexity index is 1110. The molecule has 0 aliphatic heterocycles. The summed E-state index contributed by atoms with van der Waals surface area (Å²) in [6.45, 7) is 7.96. The maximum Gasteiger partial charge on any atom is 0.225 e. The Balaban J connectivity index is 1.90. The summed E-state index contributed by atoms with van der Waals surface area (Å²) in [5.74, 6) is 1.42. The number of nitrogens with two attached hydrogens (primary N) is 1. The highest BCUT2D eigenvalue weighted by atomic mass is 35.5. The minimum Gasteiger partial charge on any atom is -0.454 e. The molecular weight excluding hydrogens is 416 g/mol. The zero-order chi connectivity index (χ0) is 22.4. The minimum atomic E-state index is -0.114. The first kappa shape index (κ1) is 22.0. The number of aromatic amines is 1. The van der Waals surface area contributed by atoms with Gasteiger partial charge in [0, 0.05) is 23.7 Å². The number of amides is 1. The molecule has 0 aliphatic carbocycles. The normalized spacial score (nSPS) is 11.7. The molecule has 0 unspecified atom stereocenters. The average Bonchev–Trinajstić information content (AvgIpc) is 3.26. The van der Waals surface area contributed by atoms with Crippen LogP contribution in [0.5, 0.6) is 0 Å². The monoisotopic (exact) mass is 438 g/mol. The van der Waals surface area contributed by atoms with Gasteiger partial charge in [-0.25, -0.2) is 9.97 Å². The van der Waals surface area contributed by atoms with Gasteiger partial charge in [0.2, 0.25) is 5.91 Å². The van der Waals surface area contributed by atoms with Crippen molar-refractivity contribution in [2.24, 2.45) is 11.7 Å². The van der Waals surface area contributed by atoms with Crippen molar-refractivity contribution < 1.29 is 9.53 Å². The highest BCUT2D eigenvalue weighted by molar-refractivity contribution is 6.32. The number of hydrogen-bond acceptors (Lipinski definition) is 6. The number of pyridine rings is 1. The Morgan fingerprint density at radius 2 is 2.06 bits per heavy atom. The second kappa shape index (κ2) is 9.90. The third-order valence-corrected chi connectivity index (χ3v) is 4.53. The summed E-state index contributed by atoms with van der Waals surface area (Å²) in [7, 11) is 0. The van der Waals surface area contributed by atoms with Crippen LogP contribution in [0.1, 0.15) is 37.2 Å². The van der Waals surface area contributed by atoms with E-state index in [-0.39, 0.29) is 23.3 Å². The van der Waals surface area contributed by atoms with Crippen LogP contribution >= 0.6 is 11.6 Å². The number of anilines is 1. The fourth-order valence-corrected chi connectivity index (χ4v) is 2.98. The van der Waals surface area contributed by atoms with E-state index in [1.807, 2.05) is 19.9 Å². The van der Waals surface area contributed by atoms with Crippen molar-refractivity contribution in [1.29, 1.82) is 0 Å². The molecule has 0 fully saturated rings. The van der Waals surface area contributed by atoms with E-state index in [1.54, 1.807) is 36.5 Å². The van der Waals surface area contributed by atoms with E-state index in [4.69, 9.17) is 22.1 Å². The molecule has 4 N–H and O–H groups in total. The topological polar surface area (TPSA) is 119 Å². The number of hydrogen-bond donors (Lipinski definition) is 3. The molecule has 1 amide bonds. The number of nitrogens with zero attached hydrogens (tertiary/aromatic N) is 3. The van der Waals surface area contributed by atoms with Crippen molar-refractivity contribution in [3.05, 3.63) is 77.5 Å². The minimum absolute atomic E-state index is 0.114. The molecule has 2 heterocycles. The lowest BCUT2D eigenvalue weighted by atomic mass is 10.1. The zero-order valence-corrected chi connectivity index (χ0v) is 18.0. The van der Waals surface area contributed by atoms with Gasteiger partial charge in [0.25, 0.3) is 0 Å². The molecule has 0 saturated carbocycles. The number of aromatic nitrogens is 4. The predicted molar refractivity (Wildman–Crippen MR) is 121 cm³/mol. The van der Waals surface area contributed by atoms with E-state index < -0.39 is 0 Å². The Morgan fingerprint density at radius 3 is 2.74 bits per heavy atom. The first-order valence-corrected chi connectivity index (χ1v) is 9.96. The molecule has 0 saturated heterocycles. The molecule has 3 aromatic rings. The van der Waals surface area contributed by atoms with Gasteiger partial charge in [-0.1, -0.05) is 44.2 Å². The number of rotatable bonds is 8. The van der Waals surface area contributed by atoms with Crippen LogP contribution in [0.25, 0.3) is 17.2 Å². The van der Waals surface area contributed by atoms with Gasteiger partial charge in [-0.15, -0.1) is 0 Å². The molecule has 2 aromatic heterocycles. The average molecular weight is 439 g/mol. The first-order chi connectivity index (χ1) is 14.8. The van der Waals surface area contributed by atoms with Crippen molar-refractivity contribution in [3.63, 3.8) is 0 Å². The van der Waals surface area contributed by atoms with Crippen molar-refractivity contribution in [1.82, 2.24) is 20.2 Å². The van der Waals surface area contributed by atoms with E-state index in [1.165, 1.54) is 6.33 Å². The van der Waals surface area contributed by atoms with Crippen LogP contribution in [0.4, 0.5) is 5.82 Å². The lowest BCUT2D eigenvalue weighted by Crippen LogP contribution is -2.14. The van der Waals surface area contributed by atoms with Crippen LogP contribution in [0.2, 0.25) is 5.02 Å². The summed E-state index contributed by atoms with van der Waals surface area (Å²) in [6.07, 6.45) is 3.31. The van der Waals surface area contributed by atoms with Crippen LogP contribution in [-0.2, 0) is 9.53 Å². The van der Waals surface area contributed by atoms with Crippen molar-refractivity contribution in [2.45, 2.75) is 20.3 Å². The van der Waals surface area contributed by atoms with E-state index >= 15 is 0 Å². The number of benzene rings is 1. The second-order valence-corrected chi connectivity index (χ2v) is 7.57. The van der Waals surface area contributed by atoms with Gasteiger partial charge in [0.15, 0.2) is 11.6 Å². The predicted octanol–water partition coefficient (Wildman–Crippen LogP) is 4.31. The summed E-state index contributed by atoms with van der Waals surface area (Å²) in [5.41, 5.74) is 7.70. The van der Waals surface area contributed by atoms with Gasteiger partial charge in [0.1, 0.15) is 23.6 Å². The Morgan fingerprint density at radius 1 is 1.29 bits per heavy atom. The molecule has 8 nitrogen and oxygen atoms in total. The van der Waals surface area contributed by atoms with E-state index in [0.29, 0.717) is 40.0 Å². The van der Waals surface area contributed by atoms with Gasteiger partial charge in [-0.05, 0) is 30.2 Å². The molecule has 0 spiro atoms. The fourth-order valence-electron chi connectivity index (χ4n) is 2.76. The molecule has 9 heteroatoms. The van der Waals surface area contributed by atoms with Crippen LogP contribution in [-0.4, -0.2) is 26.1 Å². The zero-order valence-electron chi connectivity index (χ0n) is 17.2. The summed E-state index contributed by atoms with van der Waals surface area (Å²) < 4.78 is 6.06. The molecule has 0 atom stereocenters. The van der Waals surface area contributed by atoms with Crippen molar-refractivity contribution in [2.75, 3.05) is 5.32 Å². The number of carbonyl (C=O) groups excluding carboxylic acids is 1. The SMILES string of the molecule is C=C(O/C(=C(\N)c1ncn[nH]1)c1ccccc1Cl)c1ccnc(NC(=O)CC(C)C)c1. The third-order valence-electron chi connectivity index (χ3n) is 4.20. The lowest BCUT2D eigenvalue weighted by molar-refractivity contribution is -0.116. The van der Waals surface area contributed by atoms with Gasteiger partial charge in [0.05, 0.1) is 5.02 Å². The second-order valence-electron chi connectivity index (χ2n) is 7.16. The quantitative estimate of drug-likeness (QED) is 0.451. The Kier molecular flexibility index (Phi) is 7.04. The number of halogens is 1. The largest absolute Gasteiger partial charge is 0.454 e. The summed E-state index contributed by atoms with van der Waals surface area (Å²) in [4.78, 5) is 20.3. The maximum atomic E-state index is 12.1. The number of ether oxygens (including phenoxy) is 1. The number of nitrogens with one attached hydrogen (secondary N) is 2. The Hall–Kier alpha value is -3.65. The van der Waals surface area contributed by atoms with Crippen LogP contribution < -0.4 is 11.1 Å². The van der Waals surface area contributed by atoms with Crippen LogP contribution in [0, 0.1) is 5.92 Å². The highest BCUT2D eigenvalue weighted by Gasteiger charge is 2.18. The molecular formula is C22H23ClN6O2. The van der Waals surface area contributed by atoms with Gasteiger partial charge in [-0.3, -0.25) is 9.89 Å². The van der Waals surface area contributed by atoms with Crippen molar-refractivity contribution >= 4 is 40.5 Å². The van der Waals surface area contributed by atoms with Gasteiger partial charge < -0.3 is 15.8 Å². The molecule has 0 radical (unpaired) electrons. The maximum absolute atomic E-state index is 12.1. The van der Waals surface area contributed by atoms with E-state index in [9.17, 15) is 4.79 Å². The summed E-state index contributed by atoms with van der Waals surface area (Å²) >= 11 is 6.37. The summed E-state index contributed by atoms with van der Waals surface area (Å²) in [5, 5.41) is 9.77. The fraction of sp³-hybridized carbons (Fsp3) is 0.182. The number of H-pyrrole nitrogens is 1. The number of carbonyl (C=O) groups is 1. The molecule has 160 valence electrons. The molecule has 0 bridgehead atoms. The van der Waals surface area contributed by atoms with Crippen LogP contribution in [0.15, 0.2) is 55.5 Å². The van der Waals surface area contributed by atoms with Crippen LogP contribution in [0.3, 0.4) is 0 Å². The smallest absolute Gasteiger partial charge is 0.225 e. The molecule has 1 aromatic carbocycles. The lowest BCUT2D eigenvalue weighted by Gasteiger charge is -2.16. The highest BCUT2D eigenvalue weighted by Crippen LogP contribution is 2.32.